The molecule has 4 N–H and O–H groups in total. The maximum absolute atomic E-state index is 10.2. The van der Waals surface area contributed by atoms with Gasteiger partial charge in [0, 0.05) is 17.1 Å². The van der Waals surface area contributed by atoms with E-state index < -0.39 is 24.1 Å². The van der Waals surface area contributed by atoms with Gasteiger partial charge < -0.3 is 20.4 Å². The van der Waals surface area contributed by atoms with Crippen LogP contribution in [-0.2, 0) is 26.7 Å². The summed E-state index contributed by atoms with van der Waals surface area (Å²) in [5, 5.41) is 34.8. The zero-order chi connectivity index (χ0) is 16.5. The van der Waals surface area contributed by atoms with E-state index in [9.17, 15) is 9.59 Å². The Morgan fingerprint density at radius 3 is 1.13 bits per heavy atom. The molecule has 0 fully saturated rings. The number of hydrogen-bond acceptors (Lipinski definition) is 4. The molecule has 0 spiro atoms. The van der Waals surface area contributed by atoms with Crippen LogP contribution >= 0.6 is 0 Å². The summed E-state index contributed by atoms with van der Waals surface area (Å²) in [6, 6.07) is 16.5. The van der Waals surface area contributed by atoms with E-state index in [1.165, 1.54) is 0 Å². The Hall–Kier alpha value is -2.18. The molecular weight excluding hydrogens is 352 g/mol. The molecule has 0 saturated heterocycles. The van der Waals surface area contributed by atoms with Crippen molar-refractivity contribution in [1.82, 2.24) is 0 Å². The molecule has 7 heteroatoms. The van der Waals surface area contributed by atoms with E-state index in [0.29, 0.717) is 11.1 Å². The largest absolute Gasteiger partial charge is 0.479 e. The van der Waals surface area contributed by atoms with E-state index in [1.807, 2.05) is 0 Å². The molecule has 0 unspecified atom stereocenters. The van der Waals surface area contributed by atoms with E-state index in [-0.39, 0.29) is 17.1 Å². The number of aliphatic hydroxyl groups excluding tert-OH is 2. The third kappa shape index (κ3) is 7.08. The predicted octanol–water partition coefficient (Wildman–Crippen LogP) is 1.61. The van der Waals surface area contributed by atoms with Crippen molar-refractivity contribution < 1.29 is 47.1 Å². The fraction of sp³-hybridized carbons (Fsp3) is 0.125. The Bertz CT molecular complexity index is 547. The number of benzene rings is 2. The average Bonchev–Trinajstić information content (AvgIpc) is 2.55. The number of carboxylic acids is 2. The summed E-state index contributed by atoms with van der Waals surface area (Å²) < 4.78 is 0. The Morgan fingerprint density at radius 2 is 0.913 bits per heavy atom. The SMILES string of the molecule is O=C(O)[C@@H](O)c1ccccc1.O=C(O)[C@@H](O)c1ccccc1.[Cu]. The number of aliphatic hydroxyl groups is 2. The van der Waals surface area contributed by atoms with Crippen LogP contribution in [0.1, 0.15) is 23.3 Å². The fourth-order valence-electron chi connectivity index (χ4n) is 1.56. The van der Waals surface area contributed by atoms with Crippen molar-refractivity contribution in [2.75, 3.05) is 0 Å². The van der Waals surface area contributed by atoms with E-state index in [1.54, 1.807) is 60.7 Å². The van der Waals surface area contributed by atoms with Crippen molar-refractivity contribution in [1.29, 1.82) is 0 Å². The molecule has 2 aromatic carbocycles. The van der Waals surface area contributed by atoms with Gasteiger partial charge in [0.15, 0.2) is 12.2 Å². The zero-order valence-corrected chi connectivity index (χ0v) is 12.8. The van der Waals surface area contributed by atoms with Gasteiger partial charge in [-0.25, -0.2) is 9.59 Å². The summed E-state index contributed by atoms with van der Waals surface area (Å²) in [5.74, 6) is -2.45. The van der Waals surface area contributed by atoms with Crippen LogP contribution in [0.5, 0.6) is 0 Å². The molecule has 6 nitrogen and oxygen atoms in total. The van der Waals surface area contributed by atoms with Crippen molar-refractivity contribution >= 4 is 11.9 Å². The molecule has 0 saturated carbocycles. The van der Waals surface area contributed by atoms with Gasteiger partial charge >= 0.3 is 11.9 Å². The molecule has 0 amide bonds. The topological polar surface area (TPSA) is 115 Å². The van der Waals surface area contributed by atoms with Crippen LogP contribution in [0.25, 0.3) is 0 Å². The second-order valence-electron chi connectivity index (χ2n) is 4.30. The molecular formula is C16H16CuO6. The molecule has 23 heavy (non-hydrogen) atoms. The summed E-state index contributed by atoms with van der Waals surface area (Å²) >= 11 is 0. The van der Waals surface area contributed by atoms with Crippen LogP contribution < -0.4 is 0 Å². The molecule has 0 aliphatic carbocycles. The van der Waals surface area contributed by atoms with Crippen LogP contribution in [0.3, 0.4) is 0 Å². The Balaban J connectivity index is 0.000000403. The van der Waals surface area contributed by atoms with Crippen molar-refractivity contribution in [2.45, 2.75) is 12.2 Å². The van der Waals surface area contributed by atoms with Gasteiger partial charge in [0.25, 0.3) is 0 Å². The third-order valence-corrected chi connectivity index (χ3v) is 2.70. The number of carboxylic acid groups (broad SMARTS) is 2. The molecule has 2 rings (SSSR count). The average molecular weight is 368 g/mol. The van der Waals surface area contributed by atoms with Gasteiger partial charge in [-0.15, -0.1) is 0 Å². The van der Waals surface area contributed by atoms with E-state index in [0.717, 1.165) is 0 Å². The number of carbonyl (C=O) groups is 2. The summed E-state index contributed by atoms with van der Waals surface area (Å²) in [5.41, 5.74) is 0.806. The molecule has 127 valence electrons. The molecule has 0 aliphatic rings. The molecule has 2 atom stereocenters. The second kappa shape index (κ2) is 10.5. The first-order valence-electron chi connectivity index (χ1n) is 6.35. The quantitative estimate of drug-likeness (QED) is 0.610. The van der Waals surface area contributed by atoms with Gasteiger partial charge in [0.1, 0.15) is 0 Å². The maximum Gasteiger partial charge on any atom is 0.337 e. The fourth-order valence-corrected chi connectivity index (χ4v) is 1.56. The van der Waals surface area contributed by atoms with Gasteiger partial charge in [-0.05, 0) is 11.1 Å². The van der Waals surface area contributed by atoms with Gasteiger partial charge in [0.05, 0.1) is 0 Å². The van der Waals surface area contributed by atoms with E-state index in [2.05, 4.69) is 0 Å². The van der Waals surface area contributed by atoms with Crippen molar-refractivity contribution in [3.05, 3.63) is 71.8 Å². The second-order valence-corrected chi connectivity index (χ2v) is 4.30. The number of rotatable bonds is 4. The summed E-state index contributed by atoms with van der Waals surface area (Å²) in [6.45, 7) is 0. The zero-order valence-electron chi connectivity index (χ0n) is 11.8. The van der Waals surface area contributed by atoms with Crippen LogP contribution in [-0.4, -0.2) is 32.4 Å². The molecule has 0 heterocycles. The minimum absolute atomic E-state index is 0. The van der Waals surface area contributed by atoms with Crippen molar-refractivity contribution in [2.24, 2.45) is 0 Å². The first kappa shape index (κ1) is 20.8. The third-order valence-electron chi connectivity index (χ3n) is 2.70. The summed E-state index contributed by atoms with van der Waals surface area (Å²) in [4.78, 5) is 20.5. The first-order valence-corrected chi connectivity index (χ1v) is 6.35. The van der Waals surface area contributed by atoms with Gasteiger partial charge in [-0.3, -0.25) is 0 Å². The van der Waals surface area contributed by atoms with Crippen LogP contribution in [0.15, 0.2) is 60.7 Å². The van der Waals surface area contributed by atoms with Crippen LogP contribution in [0, 0.1) is 0 Å². The van der Waals surface area contributed by atoms with Crippen LogP contribution in [0.4, 0.5) is 0 Å². The number of aliphatic carboxylic acids is 2. The van der Waals surface area contributed by atoms with Crippen molar-refractivity contribution in [3.8, 4) is 0 Å². The smallest absolute Gasteiger partial charge is 0.337 e. The monoisotopic (exact) mass is 367 g/mol. The summed E-state index contributed by atoms with van der Waals surface area (Å²) in [7, 11) is 0. The standard InChI is InChI=1S/2C8H8O3.Cu/c2*9-7(8(10)11)6-4-2-1-3-5-6;/h2*1-5,7,9H,(H,10,11);/t2*7-;/m00./s1. The van der Waals surface area contributed by atoms with Gasteiger partial charge in [-0.1, -0.05) is 60.7 Å². The minimum atomic E-state index is -1.41. The Kier molecular flexibility index (Phi) is 9.53. The maximum atomic E-state index is 10.2. The first-order chi connectivity index (χ1) is 10.4. The number of hydrogen-bond donors (Lipinski definition) is 4. The van der Waals surface area contributed by atoms with Gasteiger partial charge in [-0.2, -0.15) is 0 Å². The van der Waals surface area contributed by atoms with Gasteiger partial charge in [0.2, 0.25) is 0 Å². The van der Waals surface area contributed by atoms with E-state index >= 15 is 0 Å². The Morgan fingerprint density at radius 1 is 0.652 bits per heavy atom. The van der Waals surface area contributed by atoms with E-state index in [4.69, 9.17) is 20.4 Å². The normalized spacial score (nSPS) is 11.9. The molecule has 1 radical (unpaired) electrons. The summed E-state index contributed by atoms with van der Waals surface area (Å²) in [6.07, 6.45) is -2.81. The molecule has 2 aromatic rings. The minimum Gasteiger partial charge on any atom is -0.479 e. The molecule has 0 bridgehead atoms. The Labute approximate surface area is 143 Å². The molecule has 0 aliphatic heterocycles. The van der Waals surface area contributed by atoms with Crippen molar-refractivity contribution in [3.63, 3.8) is 0 Å². The van der Waals surface area contributed by atoms with Crippen LogP contribution in [0.2, 0.25) is 0 Å². The molecule has 0 aromatic heterocycles. The predicted molar refractivity (Wildman–Crippen MR) is 78.1 cm³/mol.